The van der Waals surface area contributed by atoms with Gasteiger partial charge >= 0.3 is 5.97 Å². The van der Waals surface area contributed by atoms with Crippen molar-refractivity contribution in [2.24, 2.45) is 0 Å². The zero-order valence-corrected chi connectivity index (χ0v) is 9.27. The number of ether oxygens (including phenoxy) is 1. The number of esters is 1. The van der Waals surface area contributed by atoms with E-state index in [2.05, 4.69) is 4.98 Å². The van der Waals surface area contributed by atoms with Crippen molar-refractivity contribution in [1.29, 1.82) is 0 Å². The van der Waals surface area contributed by atoms with Crippen LogP contribution in [0.4, 0.5) is 0 Å². The second-order valence-electron chi connectivity index (χ2n) is 2.49. The van der Waals surface area contributed by atoms with E-state index in [1.807, 2.05) is 6.26 Å². The number of halogens is 1. The molecule has 0 atom stereocenters. The smallest absolute Gasteiger partial charge is 0.356 e. The van der Waals surface area contributed by atoms with Crippen LogP contribution in [0, 0.1) is 0 Å². The number of aromatic nitrogens is 1. The molecule has 5 heteroatoms. The van der Waals surface area contributed by atoms with Crippen LogP contribution in [0.15, 0.2) is 18.3 Å². The highest BCUT2D eigenvalue weighted by molar-refractivity contribution is 7.98. The SMILES string of the molecule is CSCCOC(=O)c1ccc(Cl)cn1. The third-order valence-corrected chi connectivity index (χ3v) is 2.26. The van der Waals surface area contributed by atoms with Crippen LogP contribution in [0.5, 0.6) is 0 Å². The Morgan fingerprint density at radius 2 is 2.43 bits per heavy atom. The molecule has 76 valence electrons. The summed E-state index contributed by atoms with van der Waals surface area (Å²) in [6, 6.07) is 3.16. The Hall–Kier alpha value is -0.740. The number of carbonyl (C=O) groups excluding carboxylic acids is 1. The van der Waals surface area contributed by atoms with Gasteiger partial charge in [0.05, 0.1) is 5.02 Å². The van der Waals surface area contributed by atoms with Gasteiger partial charge in [0.25, 0.3) is 0 Å². The van der Waals surface area contributed by atoms with E-state index in [1.165, 1.54) is 6.20 Å². The van der Waals surface area contributed by atoms with Crippen molar-refractivity contribution in [3.63, 3.8) is 0 Å². The van der Waals surface area contributed by atoms with Gasteiger partial charge in [-0.1, -0.05) is 11.6 Å². The molecule has 1 aromatic rings. The standard InChI is InChI=1S/C9H10ClNO2S/c1-14-5-4-13-9(12)8-3-2-7(10)6-11-8/h2-3,6H,4-5H2,1H3. The lowest BCUT2D eigenvalue weighted by molar-refractivity contribution is 0.0523. The number of hydrogen-bond donors (Lipinski definition) is 0. The fourth-order valence-electron chi connectivity index (χ4n) is 0.788. The largest absolute Gasteiger partial charge is 0.460 e. The van der Waals surface area contributed by atoms with Crippen molar-refractivity contribution in [1.82, 2.24) is 4.98 Å². The normalized spacial score (nSPS) is 9.86. The second kappa shape index (κ2) is 5.88. The monoisotopic (exact) mass is 231 g/mol. The average molecular weight is 232 g/mol. The lowest BCUT2D eigenvalue weighted by atomic mass is 10.3. The molecule has 0 spiro atoms. The first-order valence-corrected chi connectivity index (χ1v) is 5.79. The van der Waals surface area contributed by atoms with E-state index >= 15 is 0 Å². The molecule has 0 saturated heterocycles. The van der Waals surface area contributed by atoms with Gasteiger partial charge < -0.3 is 4.74 Å². The molecule has 0 bridgehead atoms. The number of rotatable bonds is 4. The van der Waals surface area contributed by atoms with Crippen LogP contribution in [0.2, 0.25) is 5.02 Å². The van der Waals surface area contributed by atoms with Gasteiger partial charge in [0.15, 0.2) is 0 Å². The predicted molar refractivity (Wildman–Crippen MR) is 57.9 cm³/mol. The highest BCUT2D eigenvalue weighted by Gasteiger charge is 2.07. The van der Waals surface area contributed by atoms with Crippen LogP contribution in [0.3, 0.4) is 0 Å². The maximum Gasteiger partial charge on any atom is 0.356 e. The molecule has 0 fully saturated rings. The average Bonchev–Trinajstić information content (AvgIpc) is 2.19. The summed E-state index contributed by atoms with van der Waals surface area (Å²) in [5, 5.41) is 0.505. The van der Waals surface area contributed by atoms with Gasteiger partial charge in [0.1, 0.15) is 12.3 Å². The van der Waals surface area contributed by atoms with Gasteiger partial charge in [-0.25, -0.2) is 9.78 Å². The molecule has 0 unspecified atom stereocenters. The Balaban J connectivity index is 2.48. The highest BCUT2D eigenvalue weighted by atomic mass is 35.5. The molecule has 1 rings (SSSR count). The van der Waals surface area contributed by atoms with Crippen LogP contribution in [-0.4, -0.2) is 29.6 Å². The summed E-state index contributed by atoms with van der Waals surface area (Å²) in [6.07, 6.45) is 3.38. The minimum absolute atomic E-state index is 0.288. The topological polar surface area (TPSA) is 39.2 Å². The van der Waals surface area contributed by atoms with E-state index in [-0.39, 0.29) is 5.69 Å². The minimum atomic E-state index is -0.407. The molecule has 0 saturated carbocycles. The fourth-order valence-corrected chi connectivity index (χ4v) is 1.15. The number of nitrogens with zero attached hydrogens (tertiary/aromatic N) is 1. The van der Waals surface area contributed by atoms with Crippen molar-refractivity contribution in [3.05, 3.63) is 29.0 Å². The maximum absolute atomic E-state index is 11.3. The molecule has 1 aromatic heterocycles. The van der Waals surface area contributed by atoms with Crippen molar-refractivity contribution in [2.45, 2.75) is 0 Å². The molecule has 14 heavy (non-hydrogen) atoms. The van der Waals surface area contributed by atoms with Crippen LogP contribution in [0.1, 0.15) is 10.5 Å². The predicted octanol–water partition coefficient (Wildman–Crippen LogP) is 2.25. The van der Waals surface area contributed by atoms with Gasteiger partial charge in [-0.2, -0.15) is 11.8 Å². The van der Waals surface area contributed by atoms with Gasteiger partial charge in [-0.3, -0.25) is 0 Å². The van der Waals surface area contributed by atoms with E-state index < -0.39 is 5.97 Å². The highest BCUT2D eigenvalue weighted by Crippen LogP contribution is 2.07. The van der Waals surface area contributed by atoms with Crippen molar-refractivity contribution in [2.75, 3.05) is 18.6 Å². The van der Waals surface area contributed by atoms with E-state index in [1.54, 1.807) is 23.9 Å². The molecule has 0 radical (unpaired) electrons. The van der Waals surface area contributed by atoms with Crippen LogP contribution >= 0.6 is 23.4 Å². The Morgan fingerprint density at radius 3 is 3.00 bits per heavy atom. The van der Waals surface area contributed by atoms with Crippen molar-refractivity contribution < 1.29 is 9.53 Å². The van der Waals surface area contributed by atoms with Gasteiger partial charge in [-0.15, -0.1) is 0 Å². The minimum Gasteiger partial charge on any atom is -0.460 e. The van der Waals surface area contributed by atoms with Crippen molar-refractivity contribution >= 4 is 29.3 Å². The number of carbonyl (C=O) groups is 1. The molecule has 0 amide bonds. The summed E-state index contributed by atoms with van der Waals surface area (Å²) in [5.41, 5.74) is 0.288. The Labute approximate surface area is 91.8 Å². The number of thioether (sulfide) groups is 1. The molecular formula is C9H10ClNO2S. The first kappa shape index (κ1) is 11.3. The Kier molecular flexibility index (Phi) is 4.76. The zero-order valence-electron chi connectivity index (χ0n) is 7.70. The number of pyridine rings is 1. The van der Waals surface area contributed by atoms with Crippen LogP contribution < -0.4 is 0 Å². The molecule has 3 nitrogen and oxygen atoms in total. The Morgan fingerprint density at radius 1 is 1.64 bits per heavy atom. The lowest BCUT2D eigenvalue weighted by Crippen LogP contribution is -2.09. The zero-order chi connectivity index (χ0) is 10.4. The van der Waals surface area contributed by atoms with E-state index in [0.29, 0.717) is 11.6 Å². The van der Waals surface area contributed by atoms with E-state index in [9.17, 15) is 4.79 Å². The summed E-state index contributed by atoms with van der Waals surface area (Å²) in [5.74, 6) is 0.384. The van der Waals surface area contributed by atoms with Crippen LogP contribution in [-0.2, 0) is 4.74 Å². The van der Waals surface area contributed by atoms with Gasteiger partial charge in [0, 0.05) is 11.9 Å². The molecule has 0 aliphatic rings. The molecule has 0 aliphatic carbocycles. The third-order valence-electron chi connectivity index (χ3n) is 1.46. The van der Waals surface area contributed by atoms with Gasteiger partial charge in [0.2, 0.25) is 0 Å². The van der Waals surface area contributed by atoms with Gasteiger partial charge in [-0.05, 0) is 18.4 Å². The quantitative estimate of drug-likeness (QED) is 0.589. The summed E-state index contributed by atoms with van der Waals surface area (Å²) < 4.78 is 4.94. The third kappa shape index (κ3) is 3.55. The molecule has 0 N–H and O–H groups in total. The maximum atomic E-state index is 11.3. The fraction of sp³-hybridized carbons (Fsp3) is 0.333. The second-order valence-corrected chi connectivity index (χ2v) is 3.91. The molecule has 1 heterocycles. The van der Waals surface area contributed by atoms with E-state index in [4.69, 9.17) is 16.3 Å². The summed E-state index contributed by atoms with van der Waals surface area (Å²) in [4.78, 5) is 15.1. The summed E-state index contributed by atoms with van der Waals surface area (Å²) in [7, 11) is 0. The summed E-state index contributed by atoms with van der Waals surface area (Å²) >= 11 is 7.25. The molecule has 0 aromatic carbocycles. The van der Waals surface area contributed by atoms with E-state index in [0.717, 1.165) is 5.75 Å². The summed E-state index contributed by atoms with van der Waals surface area (Å²) in [6.45, 7) is 0.407. The lowest BCUT2D eigenvalue weighted by Gasteiger charge is -2.02. The molecule has 0 aliphatic heterocycles. The first-order chi connectivity index (χ1) is 6.74. The number of hydrogen-bond acceptors (Lipinski definition) is 4. The molecular weight excluding hydrogens is 222 g/mol. The van der Waals surface area contributed by atoms with Crippen LogP contribution in [0.25, 0.3) is 0 Å². The van der Waals surface area contributed by atoms with Crippen molar-refractivity contribution in [3.8, 4) is 0 Å². The Bertz CT molecular complexity index is 302. The first-order valence-electron chi connectivity index (χ1n) is 4.01.